The first-order valence-corrected chi connectivity index (χ1v) is 8.02. The lowest BCUT2D eigenvalue weighted by molar-refractivity contribution is 1.02. The molecule has 0 fully saturated rings. The minimum absolute atomic E-state index is 0.353. The van der Waals surface area contributed by atoms with Gasteiger partial charge in [-0.3, -0.25) is 5.43 Å². The van der Waals surface area contributed by atoms with E-state index in [0.29, 0.717) is 16.0 Å². The van der Waals surface area contributed by atoms with E-state index >= 15 is 0 Å². The van der Waals surface area contributed by atoms with Gasteiger partial charge >= 0.3 is 0 Å². The minimum atomic E-state index is 0.353. The zero-order chi connectivity index (χ0) is 16.9. The summed E-state index contributed by atoms with van der Waals surface area (Å²) in [6.45, 7) is 2.04. The van der Waals surface area contributed by atoms with Gasteiger partial charge in [-0.15, -0.1) is 10.2 Å². The van der Waals surface area contributed by atoms with Gasteiger partial charge in [0, 0.05) is 10.6 Å². The molecule has 3 rings (SSSR count). The Morgan fingerprint density at radius 2 is 1.67 bits per heavy atom. The molecular weight excluding hydrogens is 343 g/mol. The normalized spacial score (nSPS) is 11.0. The number of rotatable bonds is 4. The van der Waals surface area contributed by atoms with Crippen LogP contribution in [0.15, 0.2) is 59.7 Å². The summed E-state index contributed by atoms with van der Waals surface area (Å²) in [4.78, 5) is 0. The molecular formula is C18H14Cl2N4. The van der Waals surface area contributed by atoms with Gasteiger partial charge in [-0.1, -0.05) is 65.2 Å². The number of nitrogens with one attached hydrogen (secondary N) is 1. The molecule has 3 aromatic rings. The van der Waals surface area contributed by atoms with Gasteiger partial charge in [0.1, 0.15) is 0 Å². The maximum absolute atomic E-state index is 6.16. The zero-order valence-electron chi connectivity index (χ0n) is 12.9. The van der Waals surface area contributed by atoms with Crippen LogP contribution in [0.5, 0.6) is 0 Å². The Kier molecular flexibility index (Phi) is 5.08. The van der Waals surface area contributed by atoms with Crippen molar-refractivity contribution in [2.75, 3.05) is 5.43 Å². The van der Waals surface area contributed by atoms with Crippen LogP contribution in [-0.4, -0.2) is 16.4 Å². The van der Waals surface area contributed by atoms with Gasteiger partial charge in [0.15, 0.2) is 11.0 Å². The van der Waals surface area contributed by atoms with Gasteiger partial charge in [-0.25, -0.2) is 0 Å². The molecule has 2 aromatic carbocycles. The number of hydrogen-bond donors (Lipinski definition) is 1. The van der Waals surface area contributed by atoms with Crippen molar-refractivity contribution in [2.24, 2.45) is 5.10 Å². The van der Waals surface area contributed by atoms with E-state index in [1.165, 1.54) is 5.56 Å². The van der Waals surface area contributed by atoms with E-state index < -0.39 is 0 Å². The second-order valence-corrected chi connectivity index (χ2v) is 6.02. The Morgan fingerprint density at radius 1 is 0.958 bits per heavy atom. The van der Waals surface area contributed by atoms with E-state index in [0.717, 1.165) is 16.7 Å². The van der Waals surface area contributed by atoms with Crippen molar-refractivity contribution in [1.29, 1.82) is 0 Å². The van der Waals surface area contributed by atoms with E-state index in [1.54, 1.807) is 18.3 Å². The van der Waals surface area contributed by atoms with Crippen LogP contribution in [0.2, 0.25) is 10.2 Å². The molecule has 0 amide bonds. The number of nitrogens with zero attached hydrogens (tertiary/aromatic N) is 3. The third kappa shape index (κ3) is 4.10. The number of hydrazone groups is 1. The van der Waals surface area contributed by atoms with Crippen LogP contribution < -0.4 is 5.43 Å². The lowest BCUT2D eigenvalue weighted by Gasteiger charge is -2.06. The van der Waals surface area contributed by atoms with Crippen LogP contribution in [0.3, 0.4) is 0 Å². The summed E-state index contributed by atoms with van der Waals surface area (Å²) in [6, 6.07) is 17.2. The summed E-state index contributed by atoms with van der Waals surface area (Å²) < 4.78 is 0. The quantitative estimate of drug-likeness (QED) is 0.515. The van der Waals surface area contributed by atoms with E-state index in [1.807, 2.05) is 49.4 Å². The second-order valence-electron chi connectivity index (χ2n) is 5.22. The molecule has 0 unspecified atom stereocenters. The lowest BCUT2D eigenvalue weighted by atomic mass is 10.1. The van der Waals surface area contributed by atoms with Crippen LogP contribution in [0.25, 0.3) is 11.1 Å². The number of benzene rings is 2. The van der Waals surface area contributed by atoms with Crippen LogP contribution in [0.1, 0.15) is 11.1 Å². The van der Waals surface area contributed by atoms with Crippen molar-refractivity contribution in [3.8, 4) is 11.1 Å². The Labute approximate surface area is 150 Å². The predicted octanol–water partition coefficient (Wildman–Crippen LogP) is 5.20. The van der Waals surface area contributed by atoms with Gasteiger partial charge in [0.05, 0.1) is 6.21 Å². The lowest BCUT2D eigenvalue weighted by Crippen LogP contribution is -1.97. The maximum Gasteiger partial charge on any atom is 0.169 e. The monoisotopic (exact) mass is 356 g/mol. The summed E-state index contributed by atoms with van der Waals surface area (Å²) in [7, 11) is 0. The average Bonchev–Trinajstić information content (AvgIpc) is 2.59. The molecule has 4 nitrogen and oxygen atoms in total. The second kappa shape index (κ2) is 7.43. The molecule has 0 aliphatic rings. The summed E-state index contributed by atoms with van der Waals surface area (Å²) in [5.74, 6) is 0.514. The molecule has 0 spiro atoms. The fourth-order valence-corrected chi connectivity index (χ4v) is 2.42. The third-order valence-corrected chi connectivity index (χ3v) is 3.91. The predicted molar refractivity (Wildman–Crippen MR) is 99.9 cm³/mol. The molecule has 0 aliphatic heterocycles. The van der Waals surface area contributed by atoms with E-state index in [4.69, 9.17) is 23.2 Å². The molecule has 0 saturated heterocycles. The highest BCUT2D eigenvalue weighted by molar-refractivity contribution is 6.32. The van der Waals surface area contributed by atoms with Crippen molar-refractivity contribution in [1.82, 2.24) is 10.2 Å². The highest BCUT2D eigenvalue weighted by Crippen LogP contribution is 2.27. The van der Waals surface area contributed by atoms with Gasteiger partial charge < -0.3 is 0 Å². The third-order valence-electron chi connectivity index (χ3n) is 3.37. The van der Waals surface area contributed by atoms with E-state index in [9.17, 15) is 0 Å². The number of aryl methyl sites for hydroxylation is 1. The first-order chi connectivity index (χ1) is 11.6. The van der Waals surface area contributed by atoms with Gasteiger partial charge in [-0.2, -0.15) is 5.10 Å². The molecule has 0 atom stereocenters. The van der Waals surface area contributed by atoms with Crippen molar-refractivity contribution in [3.63, 3.8) is 0 Å². The molecule has 6 heteroatoms. The molecule has 1 heterocycles. The molecule has 0 saturated carbocycles. The molecule has 0 radical (unpaired) electrons. The largest absolute Gasteiger partial charge is 0.260 e. The van der Waals surface area contributed by atoms with E-state index in [2.05, 4.69) is 20.7 Å². The smallest absolute Gasteiger partial charge is 0.169 e. The van der Waals surface area contributed by atoms with Crippen molar-refractivity contribution in [2.45, 2.75) is 6.92 Å². The molecule has 1 aromatic heterocycles. The number of aromatic nitrogens is 2. The highest BCUT2D eigenvalue weighted by atomic mass is 35.5. The van der Waals surface area contributed by atoms with Crippen LogP contribution in [0.4, 0.5) is 5.82 Å². The zero-order valence-corrected chi connectivity index (χ0v) is 14.4. The number of hydrogen-bond acceptors (Lipinski definition) is 4. The van der Waals surface area contributed by atoms with E-state index in [-0.39, 0.29) is 0 Å². The van der Waals surface area contributed by atoms with Crippen molar-refractivity contribution in [3.05, 3.63) is 75.9 Å². The summed E-state index contributed by atoms with van der Waals surface area (Å²) in [5.41, 5.74) is 6.75. The Morgan fingerprint density at radius 3 is 2.38 bits per heavy atom. The Balaban J connectivity index is 1.78. The van der Waals surface area contributed by atoms with Gasteiger partial charge in [0.25, 0.3) is 0 Å². The topological polar surface area (TPSA) is 50.2 Å². The van der Waals surface area contributed by atoms with Crippen LogP contribution in [0, 0.1) is 6.92 Å². The highest BCUT2D eigenvalue weighted by Gasteiger charge is 2.07. The van der Waals surface area contributed by atoms with Crippen LogP contribution >= 0.6 is 23.2 Å². The fraction of sp³-hybridized carbons (Fsp3) is 0.0556. The Hall–Kier alpha value is -2.43. The van der Waals surface area contributed by atoms with Crippen molar-refractivity contribution < 1.29 is 0 Å². The first kappa shape index (κ1) is 16.4. The van der Waals surface area contributed by atoms with Gasteiger partial charge in [0.2, 0.25) is 0 Å². The molecule has 1 N–H and O–H groups in total. The fourth-order valence-electron chi connectivity index (χ4n) is 2.09. The molecule has 0 bridgehead atoms. The Bertz CT molecular complexity index is 859. The summed E-state index contributed by atoms with van der Waals surface area (Å²) >= 11 is 12.0. The standard InChI is InChI=1S/C18H14Cl2N4/c1-12-2-6-14(7-3-12)16-10-17(23-24-18(16)20)22-21-11-13-4-8-15(19)9-5-13/h2-11H,1H3,(H,22,23)/b21-11+. The minimum Gasteiger partial charge on any atom is -0.260 e. The molecule has 0 aliphatic carbocycles. The number of anilines is 1. The van der Waals surface area contributed by atoms with Crippen molar-refractivity contribution >= 4 is 35.2 Å². The SMILES string of the molecule is Cc1ccc(-c2cc(N/N=C/c3ccc(Cl)cc3)nnc2Cl)cc1. The molecule has 24 heavy (non-hydrogen) atoms. The summed E-state index contributed by atoms with van der Waals surface area (Å²) in [5, 5.41) is 13.2. The van der Waals surface area contributed by atoms with Crippen LogP contribution in [-0.2, 0) is 0 Å². The first-order valence-electron chi connectivity index (χ1n) is 7.27. The summed E-state index contributed by atoms with van der Waals surface area (Å²) in [6.07, 6.45) is 1.68. The number of halogens is 2. The molecule has 120 valence electrons. The average molecular weight is 357 g/mol. The maximum atomic E-state index is 6.16. The van der Waals surface area contributed by atoms with Gasteiger partial charge in [-0.05, 0) is 36.2 Å².